The van der Waals surface area contributed by atoms with Crippen molar-refractivity contribution in [3.8, 4) is 0 Å². The Hall–Kier alpha value is -1.55. The van der Waals surface area contributed by atoms with Crippen molar-refractivity contribution in [2.75, 3.05) is 12.4 Å². The molecule has 2 rings (SSSR count). The number of para-hydroxylation sites is 1. The van der Waals surface area contributed by atoms with Crippen LogP contribution in [0.4, 0.5) is 5.69 Å². The third-order valence-electron chi connectivity index (χ3n) is 3.75. The van der Waals surface area contributed by atoms with E-state index in [2.05, 4.69) is 5.32 Å². The summed E-state index contributed by atoms with van der Waals surface area (Å²) in [6.45, 7) is 0. The molecular weight excluding hydrogens is 228 g/mol. The summed E-state index contributed by atoms with van der Waals surface area (Å²) in [7, 11) is 1.71. The minimum Gasteiger partial charge on any atom is -0.381 e. The van der Waals surface area contributed by atoms with Crippen LogP contribution in [0.2, 0.25) is 0 Å². The van der Waals surface area contributed by atoms with E-state index in [0.29, 0.717) is 0 Å². The van der Waals surface area contributed by atoms with Gasteiger partial charge in [0.1, 0.15) is 5.54 Å². The van der Waals surface area contributed by atoms with Gasteiger partial charge in [-0.1, -0.05) is 18.2 Å². The summed E-state index contributed by atoms with van der Waals surface area (Å²) >= 11 is 0. The van der Waals surface area contributed by atoms with Crippen LogP contribution < -0.4 is 11.1 Å². The SMILES string of the molecule is COC1CCC(Nc2ccccc2)(C(N)=O)CC1. The van der Waals surface area contributed by atoms with Crippen molar-refractivity contribution in [2.24, 2.45) is 5.73 Å². The van der Waals surface area contributed by atoms with E-state index < -0.39 is 5.54 Å². The fourth-order valence-corrected chi connectivity index (χ4v) is 2.55. The highest BCUT2D eigenvalue weighted by Crippen LogP contribution is 2.32. The molecule has 1 aliphatic carbocycles. The van der Waals surface area contributed by atoms with Crippen LogP contribution in [0.5, 0.6) is 0 Å². The Kier molecular flexibility index (Phi) is 3.87. The van der Waals surface area contributed by atoms with Crippen molar-refractivity contribution in [2.45, 2.75) is 37.3 Å². The molecule has 1 fully saturated rings. The number of carbonyl (C=O) groups is 1. The second-order valence-corrected chi connectivity index (χ2v) is 4.87. The lowest BCUT2D eigenvalue weighted by Crippen LogP contribution is -2.53. The second kappa shape index (κ2) is 5.40. The van der Waals surface area contributed by atoms with Gasteiger partial charge in [-0.05, 0) is 37.8 Å². The van der Waals surface area contributed by atoms with Crippen molar-refractivity contribution in [1.82, 2.24) is 0 Å². The van der Waals surface area contributed by atoms with E-state index in [9.17, 15) is 4.79 Å². The van der Waals surface area contributed by atoms with Crippen LogP contribution >= 0.6 is 0 Å². The Morgan fingerprint density at radius 2 is 1.94 bits per heavy atom. The third kappa shape index (κ3) is 2.64. The zero-order chi connectivity index (χ0) is 13.0. The van der Waals surface area contributed by atoms with E-state index in [0.717, 1.165) is 31.4 Å². The fraction of sp³-hybridized carbons (Fsp3) is 0.500. The van der Waals surface area contributed by atoms with Crippen LogP contribution in [-0.4, -0.2) is 24.7 Å². The molecule has 18 heavy (non-hydrogen) atoms. The van der Waals surface area contributed by atoms with Gasteiger partial charge in [-0.2, -0.15) is 0 Å². The lowest BCUT2D eigenvalue weighted by molar-refractivity contribution is -0.124. The molecule has 98 valence electrons. The Balaban J connectivity index is 2.12. The lowest BCUT2D eigenvalue weighted by atomic mass is 9.79. The first-order chi connectivity index (χ1) is 8.66. The number of nitrogens with one attached hydrogen (secondary N) is 1. The third-order valence-corrected chi connectivity index (χ3v) is 3.75. The smallest absolute Gasteiger partial charge is 0.243 e. The number of primary amides is 1. The summed E-state index contributed by atoms with van der Waals surface area (Å²) in [6.07, 6.45) is 3.40. The van der Waals surface area contributed by atoms with Gasteiger partial charge in [0, 0.05) is 12.8 Å². The molecule has 1 aromatic carbocycles. The molecule has 1 aromatic rings. The Labute approximate surface area is 108 Å². The molecule has 3 N–H and O–H groups in total. The normalized spacial score (nSPS) is 27.7. The van der Waals surface area contributed by atoms with Crippen molar-refractivity contribution in [3.05, 3.63) is 30.3 Å². The van der Waals surface area contributed by atoms with E-state index in [1.807, 2.05) is 30.3 Å². The lowest BCUT2D eigenvalue weighted by Gasteiger charge is -2.38. The highest BCUT2D eigenvalue weighted by molar-refractivity contribution is 5.88. The largest absolute Gasteiger partial charge is 0.381 e. The average Bonchev–Trinajstić information content (AvgIpc) is 2.40. The number of benzene rings is 1. The van der Waals surface area contributed by atoms with Crippen LogP contribution in [0, 0.1) is 0 Å². The molecule has 1 saturated carbocycles. The molecule has 1 amide bonds. The van der Waals surface area contributed by atoms with Crippen molar-refractivity contribution in [1.29, 1.82) is 0 Å². The zero-order valence-corrected chi connectivity index (χ0v) is 10.7. The summed E-state index contributed by atoms with van der Waals surface area (Å²) < 4.78 is 5.33. The molecule has 0 aromatic heterocycles. The summed E-state index contributed by atoms with van der Waals surface area (Å²) in [5.74, 6) is -0.277. The molecule has 0 spiro atoms. The Morgan fingerprint density at radius 1 is 1.33 bits per heavy atom. The van der Waals surface area contributed by atoms with Gasteiger partial charge >= 0.3 is 0 Å². The average molecular weight is 248 g/mol. The monoisotopic (exact) mass is 248 g/mol. The fourth-order valence-electron chi connectivity index (χ4n) is 2.55. The van der Waals surface area contributed by atoms with Gasteiger partial charge in [0.2, 0.25) is 5.91 Å². The van der Waals surface area contributed by atoms with Gasteiger partial charge in [0.05, 0.1) is 6.10 Å². The van der Waals surface area contributed by atoms with Crippen LogP contribution in [0.15, 0.2) is 30.3 Å². The predicted octanol–water partition coefficient (Wildman–Crippen LogP) is 1.91. The van der Waals surface area contributed by atoms with E-state index in [1.54, 1.807) is 7.11 Å². The molecule has 0 atom stereocenters. The van der Waals surface area contributed by atoms with Crippen LogP contribution in [-0.2, 0) is 9.53 Å². The Bertz CT molecular complexity index is 398. The predicted molar refractivity (Wildman–Crippen MR) is 71.3 cm³/mol. The maximum Gasteiger partial charge on any atom is 0.243 e. The highest BCUT2D eigenvalue weighted by atomic mass is 16.5. The second-order valence-electron chi connectivity index (χ2n) is 4.87. The van der Waals surface area contributed by atoms with Gasteiger partial charge in [-0.15, -0.1) is 0 Å². The molecule has 0 saturated heterocycles. The van der Waals surface area contributed by atoms with Gasteiger partial charge in [-0.25, -0.2) is 0 Å². The van der Waals surface area contributed by atoms with Crippen molar-refractivity contribution in [3.63, 3.8) is 0 Å². The Morgan fingerprint density at radius 3 is 2.44 bits per heavy atom. The van der Waals surface area contributed by atoms with Crippen LogP contribution in [0.1, 0.15) is 25.7 Å². The topological polar surface area (TPSA) is 64.3 Å². The van der Waals surface area contributed by atoms with Gasteiger partial charge in [0.25, 0.3) is 0 Å². The minimum absolute atomic E-state index is 0.245. The van der Waals surface area contributed by atoms with Crippen LogP contribution in [0.3, 0.4) is 0 Å². The molecule has 1 aliphatic rings. The molecule has 0 aliphatic heterocycles. The molecule has 0 heterocycles. The number of nitrogens with two attached hydrogens (primary N) is 1. The number of anilines is 1. The number of amides is 1. The summed E-state index contributed by atoms with van der Waals surface area (Å²) in [4.78, 5) is 11.8. The van der Waals surface area contributed by atoms with Crippen molar-refractivity contribution < 1.29 is 9.53 Å². The van der Waals surface area contributed by atoms with E-state index in [-0.39, 0.29) is 12.0 Å². The minimum atomic E-state index is -0.629. The molecule has 0 bridgehead atoms. The number of rotatable bonds is 4. The van der Waals surface area contributed by atoms with Gasteiger partial charge in [-0.3, -0.25) is 4.79 Å². The standard InChI is InChI=1S/C14H20N2O2/c1-18-12-7-9-14(10-8-12,13(15)17)16-11-5-3-2-4-6-11/h2-6,12,16H,7-10H2,1H3,(H2,15,17). The molecule has 0 radical (unpaired) electrons. The molecular formula is C14H20N2O2. The summed E-state index contributed by atoms with van der Waals surface area (Å²) in [5, 5.41) is 3.31. The quantitative estimate of drug-likeness (QED) is 0.855. The first-order valence-corrected chi connectivity index (χ1v) is 6.32. The number of methoxy groups -OCH3 is 1. The zero-order valence-electron chi connectivity index (χ0n) is 10.7. The number of hydrogen-bond acceptors (Lipinski definition) is 3. The number of hydrogen-bond donors (Lipinski definition) is 2. The first kappa shape index (κ1) is 12.9. The highest BCUT2D eigenvalue weighted by Gasteiger charge is 2.40. The summed E-state index contributed by atoms with van der Waals surface area (Å²) in [5.41, 5.74) is 5.90. The van der Waals surface area contributed by atoms with Crippen molar-refractivity contribution >= 4 is 11.6 Å². The van der Waals surface area contributed by atoms with E-state index in [4.69, 9.17) is 10.5 Å². The summed E-state index contributed by atoms with van der Waals surface area (Å²) in [6, 6.07) is 9.74. The van der Waals surface area contributed by atoms with E-state index in [1.165, 1.54) is 0 Å². The first-order valence-electron chi connectivity index (χ1n) is 6.32. The molecule has 4 nitrogen and oxygen atoms in total. The molecule has 4 heteroatoms. The van der Waals surface area contributed by atoms with Gasteiger partial charge < -0.3 is 15.8 Å². The van der Waals surface area contributed by atoms with Gasteiger partial charge in [0.15, 0.2) is 0 Å². The molecule has 0 unspecified atom stereocenters. The number of ether oxygens (including phenoxy) is 1. The van der Waals surface area contributed by atoms with E-state index >= 15 is 0 Å². The maximum atomic E-state index is 11.8. The maximum absolute atomic E-state index is 11.8. The van der Waals surface area contributed by atoms with Crippen LogP contribution in [0.25, 0.3) is 0 Å². The number of carbonyl (C=O) groups excluding carboxylic acids is 1.